The minimum atomic E-state index is 0.656. The molecule has 0 spiro atoms. The van der Waals surface area contributed by atoms with Crippen molar-refractivity contribution in [3.63, 3.8) is 0 Å². The van der Waals surface area contributed by atoms with Gasteiger partial charge in [0.2, 0.25) is 0 Å². The number of hydrogen-bond acceptors (Lipinski definition) is 1. The number of rotatable bonds is 6. The van der Waals surface area contributed by atoms with E-state index >= 15 is 0 Å². The van der Waals surface area contributed by atoms with Gasteiger partial charge < -0.3 is 5.32 Å². The maximum Gasteiger partial charge on any atom is 0.00104 e. The molecule has 0 saturated heterocycles. The van der Waals surface area contributed by atoms with Gasteiger partial charge in [-0.1, -0.05) is 40.5 Å². The van der Waals surface area contributed by atoms with E-state index in [-0.39, 0.29) is 0 Å². The Morgan fingerprint density at radius 3 is 2.31 bits per heavy atom. The van der Waals surface area contributed by atoms with E-state index in [0.717, 1.165) is 17.8 Å². The summed E-state index contributed by atoms with van der Waals surface area (Å²) in [5.74, 6) is 3.03. The van der Waals surface area contributed by atoms with Crippen LogP contribution in [0.1, 0.15) is 47.0 Å². The molecule has 0 aliphatic heterocycles. The molecule has 1 saturated carbocycles. The molecule has 1 heteroatoms. The maximum atomic E-state index is 3.54. The van der Waals surface area contributed by atoms with Crippen molar-refractivity contribution in [3.8, 4) is 0 Å². The largest absolute Gasteiger partial charge is 0.314 e. The molecule has 0 bridgehead atoms. The van der Waals surface area contributed by atoms with Gasteiger partial charge in [0.1, 0.15) is 0 Å². The number of hydrogen-bond donors (Lipinski definition) is 1. The molecule has 1 nitrogen and oxygen atoms in total. The van der Waals surface area contributed by atoms with E-state index in [4.69, 9.17) is 0 Å². The van der Waals surface area contributed by atoms with Crippen LogP contribution in [0.3, 0.4) is 0 Å². The average molecular weight is 183 g/mol. The van der Waals surface area contributed by atoms with Gasteiger partial charge in [0.15, 0.2) is 0 Å². The highest BCUT2D eigenvalue weighted by Gasteiger charge is 2.40. The third-order valence-electron chi connectivity index (χ3n) is 3.42. The van der Waals surface area contributed by atoms with Crippen LogP contribution in [0.4, 0.5) is 0 Å². The summed E-state index contributed by atoms with van der Waals surface area (Å²) in [7, 11) is 0. The molecular weight excluding hydrogens is 158 g/mol. The molecule has 0 heterocycles. The first kappa shape index (κ1) is 11.0. The summed E-state index contributed by atoms with van der Waals surface area (Å²) in [4.78, 5) is 0. The predicted molar refractivity (Wildman–Crippen MR) is 58.8 cm³/mol. The van der Waals surface area contributed by atoms with Gasteiger partial charge in [-0.3, -0.25) is 0 Å². The molecule has 2 atom stereocenters. The SMILES string of the molecule is CCC(CC)C1CC1CNC(C)C. The zero-order valence-corrected chi connectivity index (χ0v) is 9.64. The lowest BCUT2D eigenvalue weighted by molar-refractivity contribution is 0.399. The second-order valence-electron chi connectivity index (χ2n) is 4.80. The van der Waals surface area contributed by atoms with Crippen molar-refractivity contribution in [2.75, 3.05) is 6.54 Å². The molecule has 1 aliphatic carbocycles. The van der Waals surface area contributed by atoms with E-state index in [0.29, 0.717) is 6.04 Å². The fourth-order valence-electron chi connectivity index (χ4n) is 2.36. The van der Waals surface area contributed by atoms with Gasteiger partial charge >= 0.3 is 0 Å². The minimum absolute atomic E-state index is 0.656. The van der Waals surface area contributed by atoms with Gasteiger partial charge in [0.05, 0.1) is 0 Å². The highest BCUT2D eigenvalue weighted by Crippen LogP contribution is 2.46. The zero-order valence-electron chi connectivity index (χ0n) is 9.64. The fraction of sp³-hybridized carbons (Fsp3) is 1.00. The van der Waals surface area contributed by atoms with Gasteiger partial charge in [-0.15, -0.1) is 0 Å². The van der Waals surface area contributed by atoms with Crippen LogP contribution in [-0.2, 0) is 0 Å². The first-order valence-corrected chi connectivity index (χ1v) is 5.92. The fourth-order valence-corrected chi connectivity index (χ4v) is 2.36. The lowest BCUT2D eigenvalue weighted by Crippen LogP contribution is -2.25. The zero-order chi connectivity index (χ0) is 9.84. The molecule has 78 valence electrons. The monoisotopic (exact) mass is 183 g/mol. The van der Waals surface area contributed by atoms with E-state index < -0.39 is 0 Å². The van der Waals surface area contributed by atoms with Gasteiger partial charge in [0, 0.05) is 6.04 Å². The van der Waals surface area contributed by atoms with E-state index in [1.165, 1.54) is 25.8 Å². The smallest absolute Gasteiger partial charge is 0.00104 e. The molecule has 0 radical (unpaired) electrons. The van der Waals surface area contributed by atoms with Crippen LogP contribution in [0.5, 0.6) is 0 Å². The van der Waals surface area contributed by atoms with Gasteiger partial charge in [0.25, 0.3) is 0 Å². The van der Waals surface area contributed by atoms with Crippen molar-refractivity contribution in [3.05, 3.63) is 0 Å². The Balaban J connectivity index is 2.14. The Labute approximate surface area is 83.3 Å². The van der Waals surface area contributed by atoms with Crippen molar-refractivity contribution >= 4 is 0 Å². The van der Waals surface area contributed by atoms with Crippen LogP contribution in [0.25, 0.3) is 0 Å². The molecule has 0 aromatic heterocycles. The van der Waals surface area contributed by atoms with Gasteiger partial charge in [-0.2, -0.15) is 0 Å². The van der Waals surface area contributed by atoms with Gasteiger partial charge in [-0.05, 0) is 30.7 Å². The van der Waals surface area contributed by atoms with Crippen LogP contribution in [-0.4, -0.2) is 12.6 Å². The third kappa shape index (κ3) is 3.30. The summed E-state index contributed by atoms with van der Waals surface area (Å²) in [6, 6.07) is 0.656. The van der Waals surface area contributed by atoms with Crippen LogP contribution in [0.2, 0.25) is 0 Å². The van der Waals surface area contributed by atoms with E-state index in [1.807, 2.05) is 0 Å². The summed E-state index contributed by atoms with van der Waals surface area (Å²) in [5.41, 5.74) is 0. The van der Waals surface area contributed by atoms with Crippen LogP contribution in [0.15, 0.2) is 0 Å². The van der Waals surface area contributed by atoms with Crippen molar-refractivity contribution in [2.24, 2.45) is 17.8 Å². The summed E-state index contributed by atoms with van der Waals surface area (Å²) in [6.07, 6.45) is 4.23. The summed E-state index contributed by atoms with van der Waals surface area (Å²) in [5, 5.41) is 3.54. The molecule has 1 rings (SSSR count). The molecule has 0 aromatic rings. The summed E-state index contributed by atoms with van der Waals surface area (Å²) in [6.45, 7) is 10.4. The third-order valence-corrected chi connectivity index (χ3v) is 3.42. The van der Waals surface area contributed by atoms with Crippen molar-refractivity contribution in [2.45, 2.75) is 53.0 Å². The van der Waals surface area contributed by atoms with E-state index in [9.17, 15) is 0 Å². The lowest BCUT2D eigenvalue weighted by Gasteiger charge is -2.12. The molecule has 0 aromatic carbocycles. The maximum absolute atomic E-state index is 3.54. The van der Waals surface area contributed by atoms with E-state index in [1.54, 1.807) is 0 Å². The quantitative estimate of drug-likeness (QED) is 0.667. The lowest BCUT2D eigenvalue weighted by atomic mass is 9.96. The Kier molecular flexibility index (Phi) is 4.24. The van der Waals surface area contributed by atoms with E-state index in [2.05, 4.69) is 33.0 Å². The molecule has 13 heavy (non-hydrogen) atoms. The Bertz CT molecular complexity index is 138. The van der Waals surface area contributed by atoms with Crippen LogP contribution >= 0.6 is 0 Å². The Morgan fingerprint density at radius 2 is 1.85 bits per heavy atom. The minimum Gasteiger partial charge on any atom is -0.314 e. The molecule has 1 aliphatic rings. The van der Waals surface area contributed by atoms with Crippen molar-refractivity contribution in [1.82, 2.24) is 5.32 Å². The highest BCUT2D eigenvalue weighted by atomic mass is 14.9. The first-order valence-electron chi connectivity index (χ1n) is 5.92. The molecular formula is C12H25N. The Hall–Kier alpha value is -0.0400. The summed E-state index contributed by atoms with van der Waals surface area (Å²) < 4.78 is 0. The highest BCUT2D eigenvalue weighted by molar-refractivity contribution is 4.91. The molecule has 2 unspecified atom stereocenters. The van der Waals surface area contributed by atoms with Crippen molar-refractivity contribution < 1.29 is 0 Å². The predicted octanol–water partition coefficient (Wildman–Crippen LogP) is 3.06. The van der Waals surface area contributed by atoms with Crippen LogP contribution in [0, 0.1) is 17.8 Å². The summed E-state index contributed by atoms with van der Waals surface area (Å²) >= 11 is 0. The second-order valence-corrected chi connectivity index (χ2v) is 4.80. The number of nitrogens with one attached hydrogen (secondary N) is 1. The molecule has 1 N–H and O–H groups in total. The Morgan fingerprint density at radius 1 is 1.23 bits per heavy atom. The normalized spacial score (nSPS) is 27.2. The standard InChI is InChI=1S/C12H25N/c1-5-10(6-2)12-7-11(12)8-13-9(3)4/h9-13H,5-8H2,1-4H3. The topological polar surface area (TPSA) is 12.0 Å². The van der Waals surface area contributed by atoms with Crippen molar-refractivity contribution in [1.29, 1.82) is 0 Å². The molecule has 0 amide bonds. The van der Waals surface area contributed by atoms with Gasteiger partial charge in [-0.25, -0.2) is 0 Å². The molecule has 1 fully saturated rings. The first-order chi connectivity index (χ1) is 6.19. The average Bonchev–Trinajstić information content (AvgIpc) is 2.83. The second kappa shape index (κ2) is 4.99. The van der Waals surface area contributed by atoms with Crippen LogP contribution < -0.4 is 5.32 Å².